The second-order valence-electron chi connectivity index (χ2n) is 15.7. The Morgan fingerprint density at radius 1 is 0.283 bits per heavy atom. The number of para-hydroxylation sites is 10. The maximum Gasteiger partial charge on any atom is 0.169 e. The van der Waals surface area contributed by atoms with Crippen LogP contribution in [0.15, 0.2) is 207 Å². The monoisotopic (exact) mass is 782 g/mol. The molecule has 0 unspecified atom stereocenters. The summed E-state index contributed by atoms with van der Waals surface area (Å²) in [5, 5.41) is 0. The summed E-state index contributed by atoms with van der Waals surface area (Å²) in [6, 6.07) is 65.6. The first kappa shape index (κ1) is 37.1. The van der Waals surface area contributed by atoms with Gasteiger partial charge < -0.3 is 19.6 Å². The number of benzene rings is 6. The van der Waals surface area contributed by atoms with Crippen molar-refractivity contribution in [3.63, 3.8) is 0 Å². The van der Waals surface area contributed by atoms with Gasteiger partial charge in [0.25, 0.3) is 0 Å². The van der Waals surface area contributed by atoms with Gasteiger partial charge in [0.05, 0.1) is 45.5 Å². The van der Waals surface area contributed by atoms with Crippen molar-refractivity contribution in [2.24, 2.45) is 0 Å². The molecular formula is C54H50N6+2. The highest BCUT2D eigenvalue weighted by molar-refractivity contribution is 5.99. The van der Waals surface area contributed by atoms with Gasteiger partial charge in [0.1, 0.15) is 13.1 Å². The van der Waals surface area contributed by atoms with E-state index in [2.05, 4.69) is 236 Å². The van der Waals surface area contributed by atoms with Crippen molar-refractivity contribution in [3.8, 4) is 11.1 Å². The van der Waals surface area contributed by atoms with Gasteiger partial charge in [0.2, 0.25) is 0 Å². The Hall–Kier alpha value is -7.18. The summed E-state index contributed by atoms with van der Waals surface area (Å²) >= 11 is 0. The molecule has 2 aliphatic heterocycles. The van der Waals surface area contributed by atoms with Gasteiger partial charge >= 0.3 is 0 Å². The number of rotatable bonds is 13. The second-order valence-corrected chi connectivity index (χ2v) is 15.7. The molecule has 0 radical (unpaired) electrons. The quantitative estimate of drug-likeness (QED) is 0.0857. The summed E-state index contributed by atoms with van der Waals surface area (Å²) in [5.41, 5.74) is 14.8. The van der Waals surface area contributed by atoms with E-state index >= 15 is 0 Å². The van der Waals surface area contributed by atoms with Crippen LogP contribution in [-0.2, 0) is 13.1 Å². The van der Waals surface area contributed by atoms with Crippen molar-refractivity contribution in [1.82, 2.24) is 0 Å². The molecule has 0 saturated heterocycles. The van der Waals surface area contributed by atoms with Crippen LogP contribution in [0.2, 0.25) is 0 Å². The first-order chi connectivity index (χ1) is 29.8. The Labute approximate surface area is 354 Å². The van der Waals surface area contributed by atoms with E-state index in [0.717, 1.165) is 51.9 Å². The van der Waals surface area contributed by atoms with Gasteiger partial charge in [0.15, 0.2) is 24.8 Å². The predicted octanol–water partition coefficient (Wildman–Crippen LogP) is 12.7. The van der Waals surface area contributed by atoms with Crippen molar-refractivity contribution in [2.45, 2.75) is 38.8 Å². The summed E-state index contributed by atoms with van der Waals surface area (Å²) in [4.78, 5) is 9.79. The third kappa shape index (κ3) is 7.37. The van der Waals surface area contributed by atoms with Gasteiger partial charge in [0, 0.05) is 61.6 Å². The number of anilines is 10. The van der Waals surface area contributed by atoms with Crippen LogP contribution in [-0.4, -0.2) is 13.1 Å². The molecule has 60 heavy (non-hydrogen) atoms. The zero-order valence-corrected chi connectivity index (χ0v) is 34.0. The lowest BCUT2D eigenvalue weighted by atomic mass is 10.1. The van der Waals surface area contributed by atoms with Crippen LogP contribution in [0.4, 0.5) is 56.9 Å². The summed E-state index contributed by atoms with van der Waals surface area (Å²) in [7, 11) is 0. The van der Waals surface area contributed by atoms with Crippen LogP contribution in [0.25, 0.3) is 11.1 Å². The van der Waals surface area contributed by atoms with Crippen molar-refractivity contribution in [3.05, 3.63) is 207 Å². The molecule has 0 N–H and O–H groups in total. The molecule has 2 aromatic heterocycles. The first-order valence-electron chi connectivity index (χ1n) is 21.4. The van der Waals surface area contributed by atoms with E-state index in [0.29, 0.717) is 0 Å². The van der Waals surface area contributed by atoms with E-state index in [9.17, 15) is 0 Å². The lowest BCUT2D eigenvalue weighted by Crippen LogP contribution is -2.34. The van der Waals surface area contributed by atoms with Gasteiger partial charge in [-0.1, -0.05) is 84.9 Å². The number of unbranched alkanes of at least 4 members (excludes halogenated alkanes) is 2. The standard InChI is InChI=1S/C54H50N6/c1-3-19-45(20-4-1)59-51-27-11-7-23-47(51)57(48-24-8-12-28-52(48)59)37-17-15-35-55-39-31-43(32-40-55)44-33-41-56(42-34-44)36-16-18-38-58-49-25-9-13-29-53(49)60(46-21-5-2-6-22-46)54-30-14-10-26-50(54)58/h1-14,19-34,39-42H,15-18,35-38H2/q+2. The topological polar surface area (TPSA) is 20.7 Å². The number of aryl methyl sites for hydroxylation is 2. The maximum absolute atomic E-state index is 2.51. The largest absolute Gasteiger partial charge is 0.338 e. The molecule has 8 aromatic rings. The minimum absolute atomic E-state index is 0.965. The first-order valence-corrected chi connectivity index (χ1v) is 21.4. The Morgan fingerprint density at radius 3 is 0.883 bits per heavy atom. The molecule has 0 fully saturated rings. The zero-order chi connectivity index (χ0) is 40.1. The van der Waals surface area contributed by atoms with Crippen molar-refractivity contribution in [1.29, 1.82) is 0 Å². The van der Waals surface area contributed by atoms with Crippen molar-refractivity contribution < 1.29 is 9.13 Å². The fourth-order valence-corrected chi connectivity index (χ4v) is 8.96. The summed E-state index contributed by atoms with van der Waals surface area (Å²) < 4.78 is 4.64. The highest BCUT2D eigenvalue weighted by Gasteiger charge is 2.30. The SMILES string of the molecule is c1ccc(N2c3ccccc3N(CCCC[n+]3ccc(-c4cc[n+](CCCCN5c6ccccc6N(c6ccccc6)c6ccccc65)cc4)cc3)c3ccccc32)cc1. The molecule has 6 nitrogen and oxygen atoms in total. The third-order valence-electron chi connectivity index (χ3n) is 11.9. The predicted molar refractivity (Wildman–Crippen MR) is 247 cm³/mol. The summed E-state index contributed by atoms with van der Waals surface area (Å²) in [6.45, 7) is 3.91. The summed E-state index contributed by atoms with van der Waals surface area (Å²) in [5.74, 6) is 0. The Balaban J connectivity index is 0.732. The molecule has 6 heteroatoms. The minimum atomic E-state index is 0.965. The Bertz CT molecular complexity index is 2400. The molecule has 0 bridgehead atoms. The molecule has 0 spiro atoms. The van der Waals surface area contributed by atoms with E-state index in [1.165, 1.54) is 68.0 Å². The van der Waals surface area contributed by atoms with Crippen molar-refractivity contribution >= 4 is 56.9 Å². The van der Waals surface area contributed by atoms with Gasteiger partial charge in [-0.2, -0.15) is 0 Å². The van der Waals surface area contributed by atoms with E-state index in [1.807, 2.05) is 0 Å². The number of aromatic nitrogens is 2. The lowest BCUT2D eigenvalue weighted by molar-refractivity contribution is -0.697. The Kier molecular flexibility index (Phi) is 10.5. The number of nitrogens with zero attached hydrogens (tertiary/aromatic N) is 6. The zero-order valence-electron chi connectivity index (χ0n) is 34.0. The smallest absolute Gasteiger partial charge is 0.169 e. The lowest BCUT2D eigenvalue weighted by Gasteiger charge is -2.40. The van der Waals surface area contributed by atoms with Crippen LogP contribution in [0, 0.1) is 0 Å². The van der Waals surface area contributed by atoms with Gasteiger partial charge in [-0.3, -0.25) is 0 Å². The van der Waals surface area contributed by atoms with Gasteiger partial charge in [-0.25, -0.2) is 9.13 Å². The number of fused-ring (bicyclic) bond motifs is 4. The molecular weight excluding hydrogens is 733 g/mol. The molecule has 6 aromatic carbocycles. The van der Waals surface area contributed by atoms with E-state index < -0.39 is 0 Å². The van der Waals surface area contributed by atoms with Crippen LogP contribution >= 0.6 is 0 Å². The number of pyridine rings is 2. The molecule has 0 amide bonds. The molecule has 2 aliphatic rings. The number of hydrogen-bond acceptors (Lipinski definition) is 4. The molecule has 0 saturated carbocycles. The van der Waals surface area contributed by atoms with Crippen LogP contribution in [0.3, 0.4) is 0 Å². The molecule has 0 aliphatic carbocycles. The maximum atomic E-state index is 2.51. The summed E-state index contributed by atoms with van der Waals surface area (Å²) in [6.07, 6.45) is 13.3. The molecule has 10 rings (SSSR count). The van der Waals surface area contributed by atoms with E-state index in [-0.39, 0.29) is 0 Å². The van der Waals surface area contributed by atoms with Gasteiger partial charge in [-0.05, 0) is 96.8 Å². The van der Waals surface area contributed by atoms with Crippen LogP contribution < -0.4 is 28.7 Å². The average molecular weight is 783 g/mol. The highest BCUT2D eigenvalue weighted by atomic mass is 15.3. The van der Waals surface area contributed by atoms with Gasteiger partial charge in [-0.15, -0.1) is 0 Å². The van der Waals surface area contributed by atoms with Crippen molar-refractivity contribution in [2.75, 3.05) is 32.7 Å². The van der Waals surface area contributed by atoms with Crippen LogP contribution in [0.1, 0.15) is 25.7 Å². The third-order valence-corrected chi connectivity index (χ3v) is 11.9. The fourth-order valence-electron chi connectivity index (χ4n) is 8.96. The van der Waals surface area contributed by atoms with E-state index in [4.69, 9.17) is 0 Å². The fraction of sp³-hybridized carbons (Fsp3) is 0.148. The average Bonchev–Trinajstić information content (AvgIpc) is 3.32. The molecule has 0 atom stereocenters. The normalized spacial score (nSPS) is 12.7. The molecule has 294 valence electrons. The van der Waals surface area contributed by atoms with E-state index in [1.54, 1.807) is 0 Å². The Morgan fingerprint density at radius 2 is 0.567 bits per heavy atom. The van der Waals surface area contributed by atoms with Crippen LogP contribution in [0.5, 0.6) is 0 Å². The number of hydrogen-bond donors (Lipinski definition) is 0. The second kappa shape index (κ2) is 17.0. The molecule has 4 heterocycles. The highest BCUT2D eigenvalue weighted by Crippen LogP contribution is 2.52. The minimum Gasteiger partial charge on any atom is -0.338 e.